The van der Waals surface area contributed by atoms with E-state index in [0.717, 1.165) is 38.5 Å². The van der Waals surface area contributed by atoms with Gasteiger partial charge in [0, 0.05) is 55.4 Å². The number of H-pyrrole nitrogens is 1. The minimum atomic E-state index is 0.0703. The molecule has 0 saturated carbocycles. The zero-order chi connectivity index (χ0) is 14.1. The first-order valence-electron chi connectivity index (χ1n) is 7.28. The maximum Gasteiger partial charge on any atom is 0.113 e. The summed E-state index contributed by atoms with van der Waals surface area (Å²) in [6.07, 6.45) is 1.99. The van der Waals surface area contributed by atoms with Crippen molar-refractivity contribution in [2.24, 2.45) is 0 Å². The van der Waals surface area contributed by atoms with Gasteiger partial charge in [-0.1, -0.05) is 34.6 Å². The predicted molar refractivity (Wildman–Crippen MR) is 79.6 cm³/mol. The lowest BCUT2D eigenvalue weighted by Crippen LogP contribution is -2.48. The molecule has 0 aliphatic carbocycles. The molecule has 19 heavy (non-hydrogen) atoms. The molecular formula is C15H28N4. The van der Waals surface area contributed by atoms with Gasteiger partial charge in [0.05, 0.1) is 0 Å². The molecule has 0 aromatic carbocycles. The van der Waals surface area contributed by atoms with E-state index in [1.807, 2.05) is 6.20 Å². The lowest BCUT2D eigenvalue weighted by Gasteiger charge is -2.34. The Kier molecular flexibility index (Phi) is 4.02. The molecule has 108 valence electrons. The molecule has 0 spiro atoms. The van der Waals surface area contributed by atoms with Gasteiger partial charge in [-0.2, -0.15) is 0 Å². The Balaban J connectivity index is 2.08. The molecule has 4 heteroatoms. The van der Waals surface area contributed by atoms with Crippen molar-refractivity contribution in [3.63, 3.8) is 0 Å². The smallest absolute Gasteiger partial charge is 0.113 e. The minimum Gasteiger partial charge on any atom is -0.345 e. The van der Waals surface area contributed by atoms with Gasteiger partial charge in [-0.3, -0.25) is 4.90 Å². The highest BCUT2D eigenvalue weighted by Gasteiger charge is 2.29. The summed E-state index contributed by atoms with van der Waals surface area (Å²) in [6.45, 7) is 16.7. The molecule has 0 atom stereocenters. The first-order chi connectivity index (χ1) is 8.79. The fourth-order valence-corrected chi connectivity index (χ4v) is 2.55. The van der Waals surface area contributed by atoms with Gasteiger partial charge in [-0.05, 0) is 0 Å². The van der Waals surface area contributed by atoms with Gasteiger partial charge in [0.15, 0.2) is 0 Å². The fourth-order valence-electron chi connectivity index (χ4n) is 2.55. The van der Waals surface area contributed by atoms with E-state index in [2.05, 4.69) is 54.8 Å². The van der Waals surface area contributed by atoms with Gasteiger partial charge < -0.3 is 10.3 Å². The van der Waals surface area contributed by atoms with Gasteiger partial charge in [-0.15, -0.1) is 0 Å². The third-order valence-electron chi connectivity index (χ3n) is 3.85. The van der Waals surface area contributed by atoms with E-state index in [4.69, 9.17) is 0 Å². The van der Waals surface area contributed by atoms with Crippen LogP contribution in [0.4, 0.5) is 0 Å². The highest BCUT2D eigenvalue weighted by molar-refractivity contribution is 5.16. The Morgan fingerprint density at radius 1 is 1.16 bits per heavy atom. The summed E-state index contributed by atoms with van der Waals surface area (Å²) in [6, 6.07) is 0. The van der Waals surface area contributed by atoms with Gasteiger partial charge in [0.25, 0.3) is 0 Å². The average molecular weight is 264 g/mol. The number of rotatable bonds is 3. The van der Waals surface area contributed by atoms with Crippen molar-refractivity contribution in [1.82, 2.24) is 20.2 Å². The fraction of sp³-hybridized carbons (Fsp3) is 0.800. The Labute approximate surface area is 117 Å². The number of hydrogen-bond acceptors (Lipinski definition) is 3. The second-order valence-electron chi connectivity index (χ2n) is 7.31. The van der Waals surface area contributed by atoms with Crippen LogP contribution < -0.4 is 5.32 Å². The van der Waals surface area contributed by atoms with Crippen LogP contribution in [0.1, 0.15) is 46.1 Å². The Hall–Kier alpha value is -0.870. The van der Waals surface area contributed by atoms with E-state index >= 15 is 0 Å². The summed E-state index contributed by atoms with van der Waals surface area (Å²) in [4.78, 5) is 10.7. The summed E-state index contributed by atoms with van der Waals surface area (Å²) in [7, 11) is 0. The molecule has 0 unspecified atom stereocenters. The third-order valence-corrected chi connectivity index (χ3v) is 3.85. The Morgan fingerprint density at radius 3 is 2.32 bits per heavy atom. The zero-order valence-electron chi connectivity index (χ0n) is 13.0. The lowest BCUT2D eigenvalue weighted by atomic mass is 9.91. The second kappa shape index (κ2) is 5.25. The third kappa shape index (κ3) is 3.57. The molecule has 2 N–H and O–H groups in total. The molecule has 1 aromatic rings. The van der Waals surface area contributed by atoms with E-state index in [-0.39, 0.29) is 10.8 Å². The molecule has 1 aliphatic heterocycles. The molecule has 1 fully saturated rings. The highest BCUT2D eigenvalue weighted by atomic mass is 15.2. The molecule has 1 aromatic heterocycles. The van der Waals surface area contributed by atoms with Crippen molar-refractivity contribution >= 4 is 0 Å². The Morgan fingerprint density at radius 2 is 1.79 bits per heavy atom. The molecule has 0 bridgehead atoms. The van der Waals surface area contributed by atoms with Crippen LogP contribution in [0.3, 0.4) is 0 Å². The monoisotopic (exact) mass is 264 g/mol. The maximum atomic E-state index is 4.62. The number of aromatic nitrogens is 2. The van der Waals surface area contributed by atoms with Crippen molar-refractivity contribution < 1.29 is 0 Å². The average Bonchev–Trinajstić information content (AvgIpc) is 2.79. The van der Waals surface area contributed by atoms with Crippen LogP contribution in [0, 0.1) is 0 Å². The van der Waals surface area contributed by atoms with Crippen molar-refractivity contribution in [3.05, 3.63) is 17.7 Å². The summed E-state index contributed by atoms with van der Waals surface area (Å²) >= 11 is 0. The summed E-state index contributed by atoms with van der Waals surface area (Å²) in [5.41, 5.74) is 1.42. The first-order valence-corrected chi connectivity index (χ1v) is 7.28. The molecule has 2 heterocycles. The molecule has 4 nitrogen and oxygen atoms in total. The number of nitrogens with one attached hydrogen (secondary N) is 2. The summed E-state index contributed by atoms with van der Waals surface area (Å²) in [5.74, 6) is 1.11. The minimum absolute atomic E-state index is 0.0703. The highest BCUT2D eigenvalue weighted by Crippen LogP contribution is 2.26. The van der Waals surface area contributed by atoms with Crippen LogP contribution >= 0.6 is 0 Å². The van der Waals surface area contributed by atoms with Gasteiger partial charge in [-0.25, -0.2) is 4.98 Å². The van der Waals surface area contributed by atoms with Crippen LogP contribution in [0.2, 0.25) is 0 Å². The van der Waals surface area contributed by atoms with Crippen molar-refractivity contribution in [1.29, 1.82) is 0 Å². The normalized spacial score (nSPS) is 18.8. The molecule has 0 amide bonds. The van der Waals surface area contributed by atoms with Gasteiger partial charge >= 0.3 is 0 Å². The summed E-state index contributed by atoms with van der Waals surface area (Å²) in [5, 5.41) is 3.40. The SMILES string of the molecule is CC(C)(C)c1cnc(C(C)(C)CN2CCNCC2)[nH]1. The number of imidazole rings is 1. The van der Waals surface area contributed by atoms with E-state index in [9.17, 15) is 0 Å². The van der Waals surface area contributed by atoms with Crippen molar-refractivity contribution in [2.45, 2.75) is 45.4 Å². The Bertz CT molecular complexity index is 408. The predicted octanol–water partition coefficient (Wildman–Crippen LogP) is 1.89. The van der Waals surface area contributed by atoms with Gasteiger partial charge in [0.2, 0.25) is 0 Å². The largest absolute Gasteiger partial charge is 0.345 e. The number of nitrogens with zero attached hydrogens (tertiary/aromatic N) is 2. The topological polar surface area (TPSA) is 44.0 Å². The second-order valence-corrected chi connectivity index (χ2v) is 7.31. The van der Waals surface area contributed by atoms with E-state index in [1.54, 1.807) is 0 Å². The first kappa shape index (κ1) is 14.5. The van der Waals surface area contributed by atoms with E-state index in [0.29, 0.717) is 0 Å². The zero-order valence-corrected chi connectivity index (χ0v) is 13.0. The lowest BCUT2D eigenvalue weighted by molar-refractivity contribution is 0.196. The van der Waals surface area contributed by atoms with Crippen LogP contribution in [-0.4, -0.2) is 47.6 Å². The number of piperazine rings is 1. The van der Waals surface area contributed by atoms with Crippen LogP contribution in [0.25, 0.3) is 0 Å². The van der Waals surface area contributed by atoms with Crippen LogP contribution in [-0.2, 0) is 10.8 Å². The number of aromatic amines is 1. The van der Waals surface area contributed by atoms with Crippen LogP contribution in [0.5, 0.6) is 0 Å². The standard InChI is InChI=1S/C15H28N4/c1-14(2,3)12-10-17-13(18-12)15(4,5)11-19-8-6-16-7-9-19/h10,16H,6-9,11H2,1-5H3,(H,17,18). The number of hydrogen-bond donors (Lipinski definition) is 2. The van der Waals surface area contributed by atoms with Gasteiger partial charge in [0.1, 0.15) is 5.82 Å². The summed E-state index contributed by atoms with van der Waals surface area (Å²) < 4.78 is 0. The van der Waals surface area contributed by atoms with E-state index in [1.165, 1.54) is 5.69 Å². The molecule has 1 aliphatic rings. The molecule has 1 saturated heterocycles. The maximum absolute atomic E-state index is 4.62. The van der Waals surface area contributed by atoms with Crippen molar-refractivity contribution in [2.75, 3.05) is 32.7 Å². The quantitative estimate of drug-likeness (QED) is 0.876. The van der Waals surface area contributed by atoms with Crippen LogP contribution in [0.15, 0.2) is 6.20 Å². The molecule has 2 rings (SSSR count). The molecular weight excluding hydrogens is 236 g/mol. The van der Waals surface area contributed by atoms with Crippen molar-refractivity contribution in [3.8, 4) is 0 Å². The molecule has 0 radical (unpaired) electrons. The van der Waals surface area contributed by atoms with E-state index < -0.39 is 0 Å².